The molecule has 1 aliphatic rings. The van der Waals surface area contributed by atoms with Crippen LogP contribution in [0.3, 0.4) is 0 Å². The lowest BCUT2D eigenvalue weighted by Gasteiger charge is -2.29. The van der Waals surface area contributed by atoms with Crippen molar-refractivity contribution in [2.45, 2.75) is 64.8 Å². The van der Waals surface area contributed by atoms with Gasteiger partial charge in [-0.1, -0.05) is 0 Å². The van der Waals surface area contributed by atoms with E-state index in [1.54, 1.807) is 4.90 Å². The van der Waals surface area contributed by atoms with Crippen molar-refractivity contribution < 1.29 is 9.53 Å². The van der Waals surface area contributed by atoms with Crippen molar-refractivity contribution in [3.8, 4) is 0 Å². The molecule has 4 nitrogen and oxygen atoms in total. The molecule has 100 valence electrons. The molecule has 0 aromatic carbocycles. The van der Waals surface area contributed by atoms with E-state index in [2.05, 4.69) is 12.2 Å². The zero-order chi connectivity index (χ0) is 13.0. The van der Waals surface area contributed by atoms with Crippen LogP contribution in [0, 0.1) is 0 Å². The molecule has 3 atom stereocenters. The lowest BCUT2D eigenvalue weighted by Crippen LogP contribution is -2.51. The van der Waals surface area contributed by atoms with Crippen LogP contribution in [0.2, 0.25) is 0 Å². The quantitative estimate of drug-likeness (QED) is 0.792. The minimum absolute atomic E-state index is 0.143. The molecule has 1 heterocycles. The summed E-state index contributed by atoms with van der Waals surface area (Å²) < 4.78 is 5.62. The molecule has 0 aromatic rings. The Bertz CT molecular complexity index is 250. The van der Waals surface area contributed by atoms with Crippen molar-refractivity contribution >= 4 is 5.91 Å². The van der Waals surface area contributed by atoms with Gasteiger partial charge < -0.3 is 15.0 Å². The smallest absolute Gasteiger partial charge is 0.239 e. The number of carbonyl (C=O) groups excluding carboxylic acids is 1. The van der Waals surface area contributed by atoms with Gasteiger partial charge in [0.2, 0.25) is 5.91 Å². The maximum absolute atomic E-state index is 12.1. The average molecular weight is 242 g/mol. The maximum atomic E-state index is 12.1. The number of hydrogen-bond acceptors (Lipinski definition) is 3. The Hall–Kier alpha value is -0.610. The zero-order valence-corrected chi connectivity index (χ0v) is 11.7. The van der Waals surface area contributed by atoms with Crippen molar-refractivity contribution in [2.24, 2.45) is 0 Å². The Labute approximate surface area is 105 Å². The summed E-state index contributed by atoms with van der Waals surface area (Å²) >= 11 is 0. The van der Waals surface area contributed by atoms with Crippen molar-refractivity contribution in [1.82, 2.24) is 10.2 Å². The number of carbonyl (C=O) groups is 1. The summed E-state index contributed by atoms with van der Waals surface area (Å²) in [5, 5.41) is 3.34. The summed E-state index contributed by atoms with van der Waals surface area (Å²) in [6.07, 6.45) is 2.48. The molecule has 0 saturated carbocycles. The largest absolute Gasteiger partial charge is 0.377 e. The van der Waals surface area contributed by atoms with E-state index < -0.39 is 0 Å². The summed E-state index contributed by atoms with van der Waals surface area (Å²) in [7, 11) is 1.85. The minimum atomic E-state index is -0.151. The van der Waals surface area contributed by atoms with E-state index in [0.29, 0.717) is 0 Å². The van der Waals surface area contributed by atoms with Gasteiger partial charge >= 0.3 is 0 Å². The highest BCUT2D eigenvalue weighted by Crippen LogP contribution is 2.15. The van der Waals surface area contributed by atoms with Crippen molar-refractivity contribution in [3.63, 3.8) is 0 Å². The molecular formula is C13H26N2O2. The number of likely N-dealkylation sites (N-methyl/N-ethyl adjacent to an activating group) is 1. The standard InChI is InChI=1S/C13H26N2O2/c1-9(2)15(5)13(16)11(4)14-10(3)12-7-6-8-17-12/h9-12,14H,6-8H2,1-5H3/t10-,11-,12+/m0/s1. The second-order valence-corrected chi connectivity index (χ2v) is 5.27. The molecule has 1 aliphatic heterocycles. The first-order valence-corrected chi connectivity index (χ1v) is 6.57. The van der Waals surface area contributed by atoms with Crippen molar-refractivity contribution in [3.05, 3.63) is 0 Å². The molecular weight excluding hydrogens is 216 g/mol. The number of nitrogens with zero attached hydrogens (tertiary/aromatic N) is 1. The van der Waals surface area contributed by atoms with Crippen LogP contribution < -0.4 is 5.32 Å². The highest BCUT2D eigenvalue weighted by Gasteiger charge is 2.26. The first-order valence-electron chi connectivity index (χ1n) is 6.57. The Morgan fingerprint density at radius 3 is 2.47 bits per heavy atom. The molecule has 0 spiro atoms. The maximum Gasteiger partial charge on any atom is 0.239 e. The lowest BCUT2D eigenvalue weighted by atomic mass is 10.1. The highest BCUT2D eigenvalue weighted by molar-refractivity contribution is 5.81. The third-order valence-electron chi connectivity index (χ3n) is 3.53. The zero-order valence-electron chi connectivity index (χ0n) is 11.7. The average Bonchev–Trinajstić information content (AvgIpc) is 2.80. The normalized spacial score (nSPS) is 23.8. The Balaban J connectivity index is 2.42. The monoisotopic (exact) mass is 242 g/mol. The van der Waals surface area contributed by atoms with Crippen LogP contribution in [-0.4, -0.2) is 48.7 Å². The molecule has 0 aromatic heterocycles. The lowest BCUT2D eigenvalue weighted by molar-refractivity contribution is -0.133. The van der Waals surface area contributed by atoms with Gasteiger partial charge in [-0.05, 0) is 40.5 Å². The van der Waals surface area contributed by atoms with Crippen LogP contribution in [-0.2, 0) is 9.53 Å². The van der Waals surface area contributed by atoms with Gasteiger partial charge in [0.25, 0.3) is 0 Å². The Morgan fingerprint density at radius 2 is 2.00 bits per heavy atom. The van der Waals surface area contributed by atoms with Gasteiger partial charge in [-0.15, -0.1) is 0 Å². The highest BCUT2D eigenvalue weighted by atomic mass is 16.5. The summed E-state index contributed by atoms with van der Waals surface area (Å²) in [6.45, 7) is 8.91. The number of rotatable bonds is 5. The van der Waals surface area contributed by atoms with Gasteiger partial charge in [-0.25, -0.2) is 0 Å². The summed E-state index contributed by atoms with van der Waals surface area (Å²) in [4.78, 5) is 13.8. The predicted molar refractivity (Wildman–Crippen MR) is 68.9 cm³/mol. The van der Waals surface area contributed by atoms with Crippen molar-refractivity contribution in [2.75, 3.05) is 13.7 Å². The van der Waals surface area contributed by atoms with E-state index in [1.165, 1.54) is 0 Å². The van der Waals surface area contributed by atoms with Gasteiger partial charge in [0.15, 0.2) is 0 Å². The number of amides is 1. The second kappa shape index (κ2) is 6.36. The first kappa shape index (κ1) is 14.5. The molecule has 1 amide bonds. The first-order chi connectivity index (χ1) is 7.93. The van der Waals surface area contributed by atoms with E-state index in [-0.39, 0.29) is 30.1 Å². The van der Waals surface area contributed by atoms with E-state index in [0.717, 1.165) is 19.4 Å². The molecule has 1 saturated heterocycles. The van der Waals surface area contributed by atoms with Crippen LogP contribution in [0.25, 0.3) is 0 Å². The number of hydrogen-bond donors (Lipinski definition) is 1. The van der Waals surface area contributed by atoms with Crippen molar-refractivity contribution in [1.29, 1.82) is 0 Å². The van der Waals surface area contributed by atoms with E-state index in [1.807, 2.05) is 27.8 Å². The molecule has 0 unspecified atom stereocenters. The third kappa shape index (κ3) is 3.96. The summed E-state index contributed by atoms with van der Waals surface area (Å²) in [5.74, 6) is 0.143. The molecule has 17 heavy (non-hydrogen) atoms. The molecule has 0 bridgehead atoms. The summed E-state index contributed by atoms with van der Waals surface area (Å²) in [6, 6.07) is 0.323. The van der Waals surface area contributed by atoms with Gasteiger partial charge in [-0.3, -0.25) is 4.79 Å². The van der Waals surface area contributed by atoms with Crippen LogP contribution in [0.4, 0.5) is 0 Å². The summed E-state index contributed by atoms with van der Waals surface area (Å²) in [5.41, 5.74) is 0. The molecule has 4 heteroatoms. The fraction of sp³-hybridized carbons (Fsp3) is 0.923. The molecule has 1 rings (SSSR count). The molecule has 0 radical (unpaired) electrons. The fourth-order valence-electron chi connectivity index (χ4n) is 2.13. The van der Waals surface area contributed by atoms with Crippen LogP contribution >= 0.6 is 0 Å². The van der Waals surface area contributed by atoms with Crippen LogP contribution in [0.5, 0.6) is 0 Å². The number of ether oxygens (including phenoxy) is 1. The van der Waals surface area contributed by atoms with E-state index in [9.17, 15) is 4.79 Å². The Morgan fingerprint density at radius 1 is 1.35 bits per heavy atom. The molecule has 1 N–H and O–H groups in total. The predicted octanol–water partition coefficient (Wildman–Crippen LogP) is 1.40. The van der Waals surface area contributed by atoms with E-state index in [4.69, 9.17) is 4.74 Å². The van der Waals surface area contributed by atoms with Crippen LogP contribution in [0.1, 0.15) is 40.5 Å². The topological polar surface area (TPSA) is 41.6 Å². The van der Waals surface area contributed by atoms with Gasteiger partial charge in [-0.2, -0.15) is 0 Å². The van der Waals surface area contributed by atoms with Gasteiger partial charge in [0, 0.05) is 25.7 Å². The van der Waals surface area contributed by atoms with Gasteiger partial charge in [0.05, 0.1) is 12.1 Å². The Kier molecular flexibility index (Phi) is 5.40. The SMILES string of the molecule is CC(C)N(C)C(=O)[C@H](C)N[C@@H](C)[C@H]1CCCO1. The second-order valence-electron chi connectivity index (χ2n) is 5.27. The molecule has 1 fully saturated rings. The molecule has 0 aliphatic carbocycles. The number of nitrogens with one attached hydrogen (secondary N) is 1. The van der Waals surface area contributed by atoms with Crippen LogP contribution in [0.15, 0.2) is 0 Å². The fourth-order valence-corrected chi connectivity index (χ4v) is 2.13. The van der Waals surface area contributed by atoms with E-state index >= 15 is 0 Å². The minimum Gasteiger partial charge on any atom is -0.377 e. The van der Waals surface area contributed by atoms with Gasteiger partial charge in [0.1, 0.15) is 0 Å². The third-order valence-corrected chi connectivity index (χ3v) is 3.53.